The molecule has 16 heavy (non-hydrogen) atoms. The van der Waals surface area contributed by atoms with Gasteiger partial charge < -0.3 is 4.90 Å². The minimum atomic E-state index is 0.120. The van der Waals surface area contributed by atoms with Crippen molar-refractivity contribution < 1.29 is 4.79 Å². The summed E-state index contributed by atoms with van der Waals surface area (Å²) in [6, 6.07) is 8.61. The molecule has 0 aromatic heterocycles. The molecule has 0 N–H and O–H groups in total. The summed E-state index contributed by atoms with van der Waals surface area (Å²) < 4.78 is 0. The fraction of sp³-hybridized carbons (Fsp3) is 0.308. The lowest BCUT2D eigenvalue weighted by atomic mass is 10.1. The summed E-state index contributed by atoms with van der Waals surface area (Å²) in [7, 11) is 0. The summed E-state index contributed by atoms with van der Waals surface area (Å²) in [6.07, 6.45) is 2.77. The smallest absolute Gasteiger partial charge is 0.319 e. The Bertz CT molecular complexity index is 455. The van der Waals surface area contributed by atoms with Gasteiger partial charge in [0.1, 0.15) is 0 Å². The SMILES string of the molecule is C=CCN1CC2Cc3ccccc3N2C1=O. The third kappa shape index (κ3) is 1.18. The molecule has 0 spiro atoms. The second-order valence-corrected chi connectivity index (χ2v) is 4.33. The molecule has 1 fully saturated rings. The van der Waals surface area contributed by atoms with E-state index in [0.29, 0.717) is 12.6 Å². The van der Waals surface area contributed by atoms with Crippen molar-refractivity contribution in [3.05, 3.63) is 42.5 Å². The number of nitrogens with zero attached hydrogens (tertiary/aromatic N) is 2. The topological polar surface area (TPSA) is 23.6 Å². The maximum Gasteiger partial charge on any atom is 0.325 e. The molecule has 0 aliphatic carbocycles. The molecule has 1 aromatic rings. The van der Waals surface area contributed by atoms with Gasteiger partial charge in [-0.15, -0.1) is 6.58 Å². The van der Waals surface area contributed by atoms with Crippen LogP contribution in [0.4, 0.5) is 10.5 Å². The maximum absolute atomic E-state index is 12.1. The zero-order valence-corrected chi connectivity index (χ0v) is 9.10. The Balaban J connectivity index is 1.95. The molecule has 1 atom stereocenters. The molecule has 3 rings (SSSR count). The molecule has 82 valence electrons. The highest BCUT2D eigenvalue weighted by atomic mass is 16.2. The average molecular weight is 214 g/mol. The molecule has 0 radical (unpaired) electrons. The molecule has 1 aromatic carbocycles. The van der Waals surface area contributed by atoms with Crippen LogP contribution in [0.25, 0.3) is 0 Å². The van der Waals surface area contributed by atoms with Crippen molar-refractivity contribution >= 4 is 11.7 Å². The largest absolute Gasteiger partial charge is 0.325 e. The van der Waals surface area contributed by atoms with Gasteiger partial charge >= 0.3 is 6.03 Å². The summed E-state index contributed by atoms with van der Waals surface area (Å²) in [4.78, 5) is 15.9. The number of carbonyl (C=O) groups excluding carboxylic acids is 1. The first-order valence-corrected chi connectivity index (χ1v) is 5.58. The lowest BCUT2D eigenvalue weighted by molar-refractivity contribution is 0.225. The van der Waals surface area contributed by atoms with Crippen LogP contribution in [0.1, 0.15) is 5.56 Å². The first kappa shape index (κ1) is 9.46. The summed E-state index contributed by atoms with van der Waals surface area (Å²) in [5, 5.41) is 0. The number of urea groups is 1. The summed E-state index contributed by atoms with van der Waals surface area (Å²) in [5.41, 5.74) is 2.38. The van der Waals surface area contributed by atoms with E-state index in [1.54, 1.807) is 6.08 Å². The Morgan fingerprint density at radius 3 is 3.06 bits per heavy atom. The number of benzene rings is 1. The standard InChI is InChI=1S/C13H14N2O/c1-2-7-14-9-11-8-10-5-3-4-6-12(10)15(11)13(14)16/h2-6,11H,1,7-9H2. The van der Waals surface area contributed by atoms with Gasteiger partial charge in [0.15, 0.2) is 0 Å². The van der Waals surface area contributed by atoms with Crippen molar-refractivity contribution in [1.29, 1.82) is 0 Å². The van der Waals surface area contributed by atoms with Gasteiger partial charge in [0, 0.05) is 18.8 Å². The highest BCUT2D eigenvalue weighted by Crippen LogP contribution is 2.36. The lowest BCUT2D eigenvalue weighted by Crippen LogP contribution is -2.32. The van der Waals surface area contributed by atoms with E-state index in [1.165, 1.54) is 5.56 Å². The van der Waals surface area contributed by atoms with Gasteiger partial charge in [-0.2, -0.15) is 0 Å². The van der Waals surface area contributed by atoms with Crippen molar-refractivity contribution in [1.82, 2.24) is 4.90 Å². The van der Waals surface area contributed by atoms with Crippen molar-refractivity contribution in [2.45, 2.75) is 12.5 Å². The molecule has 1 saturated heterocycles. The molecular formula is C13H14N2O. The second-order valence-electron chi connectivity index (χ2n) is 4.33. The van der Waals surface area contributed by atoms with E-state index in [0.717, 1.165) is 18.7 Å². The number of fused-ring (bicyclic) bond motifs is 3. The van der Waals surface area contributed by atoms with Crippen LogP contribution in [-0.2, 0) is 6.42 Å². The normalized spacial score (nSPS) is 22.2. The summed E-state index contributed by atoms with van der Waals surface area (Å²) in [6.45, 7) is 5.15. The number of para-hydroxylation sites is 1. The molecule has 2 aliphatic heterocycles. The van der Waals surface area contributed by atoms with Crippen molar-refractivity contribution in [3.8, 4) is 0 Å². The first-order chi connectivity index (χ1) is 7.81. The van der Waals surface area contributed by atoms with Crippen LogP contribution in [-0.4, -0.2) is 30.1 Å². The number of anilines is 1. The molecular weight excluding hydrogens is 200 g/mol. The summed E-state index contributed by atoms with van der Waals surface area (Å²) in [5.74, 6) is 0. The molecule has 0 saturated carbocycles. The van der Waals surface area contributed by atoms with Crippen LogP contribution in [0.3, 0.4) is 0 Å². The number of amides is 2. The Kier molecular flexibility index (Phi) is 1.99. The van der Waals surface area contributed by atoms with E-state index in [9.17, 15) is 4.79 Å². The zero-order valence-electron chi connectivity index (χ0n) is 9.10. The van der Waals surface area contributed by atoms with E-state index in [2.05, 4.69) is 12.6 Å². The molecule has 0 bridgehead atoms. The van der Waals surface area contributed by atoms with E-state index < -0.39 is 0 Å². The van der Waals surface area contributed by atoms with Gasteiger partial charge in [0.25, 0.3) is 0 Å². The Labute approximate surface area is 95.0 Å². The van der Waals surface area contributed by atoms with E-state index >= 15 is 0 Å². The molecule has 2 aliphatic rings. The predicted molar refractivity (Wildman–Crippen MR) is 63.6 cm³/mol. The molecule has 3 nitrogen and oxygen atoms in total. The molecule has 2 amide bonds. The van der Waals surface area contributed by atoms with E-state index in [1.807, 2.05) is 28.0 Å². The van der Waals surface area contributed by atoms with Crippen LogP contribution in [0.2, 0.25) is 0 Å². The van der Waals surface area contributed by atoms with Crippen LogP contribution in [0.5, 0.6) is 0 Å². The van der Waals surface area contributed by atoms with Crippen molar-refractivity contribution in [2.24, 2.45) is 0 Å². The highest BCUT2D eigenvalue weighted by Gasteiger charge is 2.42. The highest BCUT2D eigenvalue weighted by molar-refractivity contribution is 5.97. The minimum absolute atomic E-state index is 0.120. The average Bonchev–Trinajstić information content (AvgIpc) is 2.78. The van der Waals surface area contributed by atoms with Gasteiger partial charge in [0.2, 0.25) is 0 Å². The first-order valence-electron chi connectivity index (χ1n) is 5.58. The minimum Gasteiger partial charge on any atom is -0.319 e. The number of hydrogen-bond donors (Lipinski definition) is 0. The number of carbonyl (C=O) groups is 1. The predicted octanol–water partition coefficient (Wildman–Crippen LogP) is 2.04. The van der Waals surface area contributed by atoms with Crippen LogP contribution in [0, 0.1) is 0 Å². The Hall–Kier alpha value is -1.77. The van der Waals surface area contributed by atoms with Gasteiger partial charge in [0.05, 0.1) is 6.04 Å². The monoisotopic (exact) mass is 214 g/mol. The van der Waals surface area contributed by atoms with Crippen LogP contribution >= 0.6 is 0 Å². The van der Waals surface area contributed by atoms with Gasteiger partial charge in [-0.3, -0.25) is 4.90 Å². The quantitative estimate of drug-likeness (QED) is 0.691. The zero-order chi connectivity index (χ0) is 11.1. The second kappa shape index (κ2) is 3.37. The summed E-state index contributed by atoms with van der Waals surface area (Å²) >= 11 is 0. The Morgan fingerprint density at radius 1 is 1.44 bits per heavy atom. The van der Waals surface area contributed by atoms with E-state index in [4.69, 9.17) is 0 Å². The molecule has 3 heteroatoms. The van der Waals surface area contributed by atoms with Crippen LogP contribution in [0.15, 0.2) is 36.9 Å². The maximum atomic E-state index is 12.1. The Morgan fingerprint density at radius 2 is 2.25 bits per heavy atom. The van der Waals surface area contributed by atoms with Gasteiger partial charge in [-0.1, -0.05) is 24.3 Å². The molecule has 1 unspecified atom stereocenters. The fourth-order valence-electron chi connectivity index (χ4n) is 2.66. The third-order valence-electron chi connectivity index (χ3n) is 3.33. The molecule has 2 heterocycles. The fourth-order valence-corrected chi connectivity index (χ4v) is 2.66. The number of rotatable bonds is 2. The van der Waals surface area contributed by atoms with Crippen LogP contribution < -0.4 is 4.90 Å². The van der Waals surface area contributed by atoms with Crippen molar-refractivity contribution in [3.63, 3.8) is 0 Å². The lowest BCUT2D eigenvalue weighted by Gasteiger charge is -2.16. The number of hydrogen-bond acceptors (Lipinski definition) is 1. The third-order valence-corrected chi connectivity index (χ3v) is 3.33. The van der Waals surface area contributed by atoms with Crippen molar-refractivity contribution in [2.75, 3.05) is 18.0 Å². The van der Waals surface area contributed by atoms with E-state index in [-0.39, 0.29) is 6.03 Å². The van der Waals surface area contributed by atoms with Gasteiger partial charge in [-0.05, 0) is 18.1 Å². The van der Waals surface area contributed by atoms with Gasteiger partial charge in [-0.25, -0.2) is 4.79 Å².